The van der Waals surface area contributed by atoms with Crippen LogP contribution in [0.1, 0.15) is 12.8 Å². The molecule has 5 nitrogen and oxygen atoms in total. The molecule has 0 aliphatic carbocycles. The van der Waals surface area contributed by atoms with Gasteiger partial charge < -0.3 is 10.4 Å². The van der Waals surface area contributed by atoms with Gasteiger partial charge in [0.1, 0.15) is 6.54 Å². The Morgan fingerprint density at radius 1 is 1.38 bits per heavy atom. The molecule has 1 aliphatic rings. The second-order valence-electron chi connectivity index (χ2n) is 4.82. The maximum absolute atomic E-state index is 12.3. The highest BCUT2D eigenvalue weighted by Gasteiger charge is 2.23. The minimum atomic E-state index is -1.06. The Bertz CT molecular complexity index is 503. The molecule has 1 saturated heterocycles. The van der Waals surface area contributed by atoms with Gasteiger partial charge in [0, 0.05) is 22.5 Å². The summed E-state index contributed by atoms with van der Waals surface area (Å²) in [6, 6.07) is 6.26. The molecule has 0 saturated carbocycles. The first-order chi connectivity index (χ1) is 10.1. The molecule has 1 unspecified atom stereocenters. The fraction of sp³-hybridized carbons (Fsp3) is 0.429. The molecule has 0 radical (unpaired) electrons. The van der Waals surface area contributed by atoms with E-state index in [1.54, 1.807) is 36.0 Å². The Labute approximate surface area is 132 Å². The monoisotopic (exact) mass is 328 g/mol. The van der Waals surface area contributed by atoms with Crippen LogP contribution >= 0.6 is 23.4 Å². The molecular weight excluding hydrogens is 312 g/mol. The lowest BCUT2D eigenvalue weighted by atomic mass is 10.2. The molecule has 0 bridgehead atoms. The molecule has 0 aromatic heterocycles. The first-order valence-corrected chi connectivity index (χ1v) is 8.22. The number of carbonyl (C=O) groups excluding carboxylic acids is 1. The second-order valence-corrected chi connectivity index (χ2v) is 6.41. The van der Waals surface area contributed by atoms with E-state index in [9.17, 15) is 9.59 Å². The number of thioether (sulfide) groups is 1. The summed E-state index contributed by atoms with van der Waals surface area (Å²) in [5.41, 5.74) is 0.516. The lowest BCUT2D eigenvalue weighted by Gasteiger charge is -2.27. The van der Waals surface area contributed by atoms with Crippen molar-refractivity contribution >= 4 is 41.1 Å². The van der Waals surface area contributed by atoms with E-state index in [0.717, 1.165) is 24.3 Å². The number of rotatable bonds is 4. The summed E-state index contributed by atoms with van der Waals surface area (Å²) in [6.07, 6.45) is 2.00. The number of carboxylic acids is 1. The van der Waals surface area contributed by atoms with Gasteiger partial charge in [-0.25, -0.2) is 4.79 Å². The fourth-order valence-electron chi connectivity index (χ4n) is 2.14. The van der Waals surface area contributed by atoms with Gasteiger partial charge in [-0.05, 0) is 42.9 Å². The van der Waals surface area contributed by atoms with Crippen LogP contribution in [0.25, 0.3) is 0 Å². The van der Waals surface area contributed by atoms with Crippen LogP contribution in [-0.2, 0) is 4.79 Å². The van der Waals surface area contributed by atoms with E-state index in [2.05, 4.69) is 5.32 Å². The largest absolute Gasteiger partial charge is 0.480 e. The predicted octanol–water partition coefficient (Wildman–Crippen LogP) is 2.84. The van der Waals surface area contributed by atoms with E-state index in [1.807, 2.05) is 0 Å². The van der Waals surface area contributed by atoms with Gasteiger partial charge in [0.15, 0.2) is 0 Å². The molecule has 1 atom stereocenters. The van der Waals surface area contributed by atoms with Gasteiger partial charge in [-0.1, -0.05) is 11.6 Å². The molecule has 1 aliphatic heterocycles. The molecular formula is C14H17ClN2O3S. The SMILES string of the molecule is O=C(O)CN(C(=O)NC1CCCSC1)c1ccc(Cl)cc1. The number of halogens is 1. The number of hydrogen-bond donors (Lipinski definition) is 2. The van der Waals surface area contributed by atoms with Crippen molar-refractivity contribution in [1.29, 1.82) is 0 Å². The Morgan fingerprint density at radius 2 is 2.10 bits per heavy atom. The van der Waals surface area contributed by atoms with Gasteiger partial charge in [-0.15, -0.1) is 0 Å². The maximum atomic E-state index is 12.3. The first-order valence-electron chi connectivity index (χ1n) is 6.69. The zero-order valence-corrected chi connectivity index (χ0v) is 13.0. The van der Waals surface area contributed by atoms with E-state index < -0.39 is 5.97 Å². The van der Waals surface area contributed by atoms with E-state index in [0.29, 0.717) is 10.7 Å². The fourth-order valence-corrected chi connectivity index (χ4v) is 3.34. The van der Waals surface area contributed by atoms with E-state index in [-0.39, 0.29) is 18.6 Å². The summed E-state index contributed by atoms with van der Waals surface area (Å²) in [5, 5.41) is 12.4. The average molecular weight is 329 g/mol. The molecule has 2 rings (SSSR count). The number of carbonyl (C=O) groups is 2. The molecule has 1 fully saturated rings. The number of anilines is 1. The van der Waals surface area contributed by atoms with Crippen molar-refractivity contribution in [2.45, 2.75) is 18.9 Å². The van der Waals surface area contributed by atoms with Crippen molar-refractivity contribution in [3.63, 3.8) is 0 Å². The van der Waals surface area contributed by atoms with E-state index in [1.165, 1.54) is 4.90 Å². The number of nitrogens with zero attached hydrogens (tertiary/aromatic N) is 1. The molecule has 21 heavy (non-hydrogen) atoms. The molecule has 0 spiro atoms. The van der Waals surface area contributed by atoms with Gasteiger partial charge >= 0.3 is 12.0 Å². The van der Waals surface area contributed by atoms with Crippen LogP contribution in [-0.4, -0.2) is 41.2 Å². The number of benzene rings is 1. The number of hydrogen-bond acceptors (Lipinski definition) is 3. The minimum Gasteiger partial charge on any atom is -0.480 e. The third-order valence-corrected chi connectivity index (χ3v) is 4.63. The summed E-state index contributed by atoms with van der Waals surface area (Å²) < 4.78 is 0. The zero-order chi connectivity index (χ0) is 15.2. The zero-order valence-electron chi connectivity index (χ0n) is 11.4. The van der Waals surface area contributed by atoms with Crippen molar-refractivity contribution in [3.8, 4) is 0 Å². The average Bonchev–Trinajstić information content (AvgIpc) is 2.46. The van der Waals surface area contributed by atoms with Gasteiger partial charge in [-0.3, -0.25) is 9.69 Å². The summed E-state index contributed by atoms with van der Waals surface area (Å²) in [7, 11) is 0. The normalized spacial score (nSPS) is 18.0. The Balaban J connectivity index is 2.08. The molecule has 1 aromatic rings. The topological polar surface area (TPSA) is 69.6 Å². The number of urea groups is 1. The Morgan fingerprint density at radius 3 is 2.67 bits per heavy atom. The van der Waals surface area contributed by atoms with Gasteiger partial charge in [-0.2, -0.15) is 11.8 Å². The highest BCUT2D eigenvalue weighted by atomic mass is 35.5. The van der Waals surface area contributed by atoms with Gasteiger partial charge in [0.25, 0.3) is 0 Å². The van der Waals surface area contributed by atoms with Crippen molar-refractivity contribution in [3.05, 3.63) is 29.3 Å². The number of nitrogens with one attached hydrogen (secondary N) is 1. The van der Waals surface area contributed by atoms with Crippen LogP contribution in [0, 0.1) is 0 Å². The molecule has 1 aromatic carbocycles. The van der Waals surface area contributed by atoms with Crippen molar-refractivity contribution < 1.29 is 14.7 Å². The number of aliphatic carboxylic acids is 1. The third-order valence-electron chi connectivity index (χ3n) is 3.16. The lowest BCUT2D eigenvalue weighted by Crippen LogP contribution is -2.48. The van der Waals surface area contributed by atoms with Crippen molar-refractivity contribution in [1.82, 2.24) is 5.32 Å². The van der Waals surface area contributed by atoms with E-state index >= 15 is 0 Å². The molecule has 2 N–H and O–H groups in total. The lowest BCUT2D eigenvalue weighted by molar-refractivity contribution is -0.135. The minimum absolute atomic E-state index is 0.0971. The van der Waals surface area contributed by atoms with E-state index in [4.69, 9.17) is 16.7 Å². The standard InChI is InChI=1S/C14H17ClN2O3S/c15-10-3-5-12(6-4-10)17(8-13(18)19)14(20)16-11-2-1-7-21-9-11/h3-6,11H,1-2,7-9H2,(H,16,20)(H,18,19). The van der Waals surface area contributed by atoms with Crippen LogP contribution in [0.5, 0.6) is 0 Å². The summed E-state index contributed by atoms with van der Waals surface area (Å²) in [6.45, 7) is -0.382. The third kappa shape index (κ3) is 4.82. The van der Waals surface area contributed by atoms with Crippen LogP contribution in [0.3, 0.4) is 0 Å². The second kappa shape index (κ2) is 7.56. The van der Waals surface area contributed by atoms with Crippen LogP contribution < -0.4 is 10.2 Å². The Hall–Kier alpha value is -1.40. The van der Waals surface area contributed by atoms with Crippen LogP contribution in [0.15, 0.2) is 24.3 Å². The number of carboxylic acid groups (broad SMARTS) is 1. The molecule has 114 valence electrons. The summed E-state index contributed by atoms with van der Waals surface area (Å²) >= 11 is 7.62. The summed E-state index contributed by atoms with van der Waals surface area (Å²) in [4.78, 5) is 24.6. The van der Waals surface area contributed by atoms with Crippen molar-refractivity contribution in [2.24, 2.45) is 0 Å². The smallest absolute Gasteiger partial charge is 0.323 e. The molecule has 7 heteroatoms. The maximum Gasteiger partial charge on any atom is 0.323 e. The predicted molar refractivity (Wildman–Crippen MR) is 85.3 cm³/mol. The quantitative estimate of drug-likeness (QED) is 0.891. The number of amides is 2. The first kappa shape index (κ1) is 16.0. The van der Waals surface area contributed by atoms with Gasteiger partial charge in [0.2, 0.25) is 0 Å². The van der Waals surface area contributed by atoms with Crippen molar-refractivity contribution in [2.75, 3.05) is 23.0 Å². The van der Waals surface area contributed by atoms with Gasteiger partial charge in [0.05, 0.1) is 0 Å². The summed E-state index contributed by atoms with van der Waals surface area (Å²) in [5.74, 6) is 0.925. The highest BCUT2D eigenvalue weighted by Crippen LogP contribution is 2.20. The molecule has 2 amide bonds. The Kier molecular flexibility index (Phi) is 5.76. The van der Waals surface area contributed by atoms with Crippen LogP contribution in [0.2, 0.25) is 5.02 Å². The highest BCUT2D eigenvalue weighted by molar-refractivity contribution is 7.99. The van der Waals surface area contributed by atoms with Crippen LogP contribution in [0.4, 0.5) is 10.5 Å². The molecule has 1 heterocycles.